The molecule has 1 rings (SSSR count). The smallest absolute Gasteiger partial charge is 0.328 e. The first-order valence-corrected chi connectivity index (χ1v) is 5.84. The Bertz CT molecular complexity index is 440. The molecule has 1 heterocycles. The highest BCUT2D eigenvalue weighted by Gasteiger charge is 2.19. The van der Waals surface area contributed by atoms with Crippen LogP contribution >= 0.6 is 0 Å². The van der Waals surface area contributed by atoms with Crippen LogP contribution in [0.25, 0.3) is 0 Å². The minimum absolute atomic E-state index is 0.335. The van der Waals surface area contributed by atoms with Gasteiger partial charge in [-0.1, -0.05) is 6.92 Å². The zero-order chi connectivity index (χ0) is 13.7. The molecule has 1 aromatic heterocycles. The first-order valence-electron chi connectivity index (χ1n) is 5.84. The summed E-state index contributed by atoms with van der Waals surface area (Å²) < 4.78 is 6.32. The first-order chi connectivity index (χ1) is 8.49. The number of nitrogens with one attached hydrogen (secondary N) is 1. The van der Waals surface area contributed by atoms with Crippen LogP contribution in [-0.2, 0) is 16.1 Å². The third-order valence-corrected chi connectivity index (χ3v) is 2.52. The first kappa shape index (κ1) is 14.1. The van der Waals surface area contributed by atoms with Crippen LogP contribution in [0.15, 0.2) is 12.3 Å². The Balaban J connectivity index is 2.80. The van der Waals surface area contributed by atoms with Crippen molar-refractivity contribution in [2.45, 2.75) is 32.9 Å². The predicted molar refractivity (Wildman–Crippen MR) is 68.1 cm³/mol. The third-order valence-electron chi connectivity index (χ3n) is 2.52. The van der Waals surface area contributed by atoms with Crippen molar-refractivity contribution in [1.29, 1.82) is 0 Å². The Morgan fingerprint density at radius 3 is 2.78 bits per heavy atom. The summed E-state index contributed by atoms with van der Waals surface area (Å²) in [4.78, 5) is 23.2. The fourth-order valence-electron chi connectivity index (χ4n) is 1.66. The number of rotatable bonds is 5. The normalized spacial score (nSPS) is 11.9. The highest BCUT2D eigenvalue weighted by atomic mass is 16.5. The van der Waals surface area contributed by atoms with Crippen molar-refractivity contribution in [1.82, 2.24) is 9.88 Å². The number of esters is 1. The molecule has 0 spiro atoms. The van der Waals surface area contributed by atoms with Crippen molar-refractivity contribution >= 4 is 17.6 Å². The van der Waals surface area contributed by atoms with Crippen LogP contribution < -0.4 is 11.1 Å². The van der Waals surface area contributed by atoms with Gasteiger partial charge in [-0.3, -0.25) is 4.79 Å². The molecule has 0 saturated carbocycles. The van der Waals surface area contributed by atoms with E-state index in [0.717, 1.165) is 6.42 Å². The number of amides is 1. The van der Waals surface area contributed by atoms with E-state index in [1.54, 1.807) is 23.8 Å². The molecule has 0 fully saturated rings. The Hall–Kier alpha value is -1.98. The van der Waals surface area contributed by atoms with Crippen molar-refractivity contribution in [3.05, 3.63) is 18.0 Å². The molecule has 0 aliphatic carbocycles. The number of hydrogen-bond acceptors (Lipinski definition) is 4. The van der Waals surface area contributed by atoms with E-state index in [1.165, 1.54) is 7.11 Å². The summed E-state index contributed by atoms with van der Waals surface area (Å²) in [5.74, 6) is -0.817. The standard InChI is InChI=1S/C12H19N3O3/c1-4-5-15-7-9(13)6-10(15)11(16)14-8(2)12(17)18-3/h6-8H,4-5,13H2,1-3H3,(H,14,16). The lowest BCUT2D eigenvalue weighted by Crippen LogP contribution is -2.39. The highest BCUT2D eigenvalue weighted by Crippen LogP contribution is 2.11. The Morgan fingerprint density at radius 1 is 1.56 bits per heavy atom. The molecule has 18 heavy (non-hydrogen) atoms. The van der Waals surface area contributed by atoms with Gasteiger partial charge < -0.3 is 20.4 Å². The van der Waals surface area contributed by atoms with Gasteiger partial charge in [-0.15, -0.1) is 0 Å². The van der Waals surface area contributed by atoms with E-state index in [1.807, 2.05) is 6.92 Å². The van der Waals surface area contributed by atoms with Crippen molar-refractivity contribution in [3.63, 3.8) is 0 Å². The van der Waals surface area contributed by atoms with Crippen LogP contribution in [0.3, 0.4) is 0 Å². The number of aryl methyl sites for hydroxylation is 1. The van der Waals surface area contributed by atoms with Crippen molar-refractivity contribution in [2.24, 2.45) is 0 Å². The summed E-state index contributed by atoms with van der Waals surface area (Å²) in [6.45, 7) is 4.28. The molecule has 6 nitrogen and oxygen atoms in total. The van der Waals surface area contributed by atoms with E-state index < -0.39 is 12.0 Å². The lowest BCUT2D eigenvalue weighted by Gasteiger charge is -2.12. The summed E-state index contributed by atoms with van der Waals surface area (Å²) >= 11 is 0. The zero-order valence-electron chi connectivity index (χ0n) is 10.9. The summed E-state index contributed by atoms with van der Waals surface area (Å²) in [6, 6.07) is 0.906. The van der Waals surface area contributed by atoms with Crippen molar-refractivity contribution in [2.75, 3.05) is 12.8 Å². The number of nitrogens with two attached hydrogens (primary N) is 1. The molecule has 0 aliphatic rings. The van der Waals surface area contributed by atoms with Crippen LogP contribution in [-0.4, -0.2) is 29.6 Å². The van der Waals surface area contributed by atoms with Crippen LogP contribution in [0.1, 0.15) is 30.8 Å². The molecule has 0 aromatic carbocycles. The van der Waals surface area contributed by atoms with E-state index >= 15 is 0 Å². The van der Waals surface area contributed by atoms with Gasteiger partial charge in [0.05, 0.1) is 12.8 Å². The van der Waals surface area contributed by atoms with E-state index in [2.05, 4.69) is 10.1 Å². The van der Waals surface area contributed by atoms with Gasteiger partial charge in [0.15, 0.2) is 0 Å². The molecule has 1 aromatic rings. The molecule has 100 valence electrons. The molecule has 0 aliphatic heterocycles. The Morgan fingerprint density at radius 2 is 2.22 bits per heavy atom. The van der Waals surface area contributed by atoms with E-state index in [0.29, 0.717) is 17.9 Å². The molecule has 1 amide bonds. The number of anilines is 1. The number of nitrogens with zero attached hydrogens (tertiary/aromatic N) is 1. The fourth-order valence-corrected chi connectivity index (χ4v) is 1.66. The summed E-state index contributed by atoms with van der Waals surface area (Å²) in [6.07, 6.45) is 2.60. The largest absolute Gasteiger partial charge is 0.467 e. The van der Waals surface area contributed by atoms with Crippen molar-refractivity contribution < 1.29 is 14.3 Å². The molecule has 0 radical (unpaired) electrons. The highest BCUT2D eigenvalue weighted by molar-refractivity contribution is 5.96. The molecule has 3 N–H and O–H groups in total. The van der Waals surface area contributed by atoms with E-state index in [-0.39, 0.29) is 5.91 Å². The lowest BCUT2D eigenvalue weighted by atomic mass is 10.3. The summed E-state index contributed by atoms with van der Waals surface area (Å²) in [5.41, 5.74) is 6.65. The maximum Gasteiger partial charge on any atom is 0.328 e. The average molecular weight is 253 g/mol. The summed E-state index contributed by atoms with van der Waals surface area (Å²) in [5, 5.41) is 2.57. The monoisotopic (exact) mass is 253 g/mol. The van der Waals surface area contributed by atoms with Gasteiger partial charge in [-0.25, -0.2) is 4.79 Å². The van der Waals surface area contributed by atoms with E-state index in [9.17, 15) is 9.59 Å². The zero-order valence-corrected chi connectivity index (χ0v) is 10.9. The second-order valence-electron chi connectivity index (χ2n) is 4.07. The maximum absolute atomic E-state index is 12.0. The molecular formula is C12H19N3O3. The number of hydrogen-bond donors (Lipinski definition) is 2. The molecule has 1 unspecified atom stereocenters. The van der Waals surface area contributed by atoms with Gasteiger partial charge in [-0.05, 0) is 19.4 Å². The molecule has 6 heteroatoms. The van der Waals surface area contributed by atoms with E-state index in [4.69, 9.17) is 5.73 Å². The Labute approximate surface area is 106 Å². The molecular weight excluding hydrogens is 234 g/mol. The average Bonchev–Trinajstić information content (AvgIpc) is 2.69. The minimum atomic E-state index is -0.686. The quantitative estimate of drug-likeness (QED) is 0.759. The van der Waals surface area contributed by atoms with Gasteiger partial charge >= 0.3 is 5.97 Å². The number of carbonyl (C=O) groups excluding carboxylic acids is 2. The van der Waals surface area contributed by atoms with Gasteiger partial charge in [0, 0.05) is 12.7 Å². The number of aromatic nitrogens is 1. The van der Waals surface area contributed by atoms with Gasteiger partial charge in [0.2, 0.25) is 0 Å². The van der Waals surface area contributed by atoms with Crippen LogP contribution in [0.2, 0.25) is 0 Å². The van der Waals surface area contributed by atoms with Crippen LogP contribution in [0, 0.1) is 0 Å². The molecule has 0 bridgehead atoms. The number of carbonyl (C=O) groups is 2. The third kappa shape index (κ3) is 3.26. The molecule has 0 saturated heterocycles. The number of nitrogen functional groups attached to an aromatic ring is 1. The predicted octanol–water partition coefficient (Wildman–Crippen LogP) is 0.772. The Kier molecular flexibility index (Phi) is 4.76. The number of ether oxygens (including phenoxy) is 1. The minimum Gasteiger partial charge on any atom is -0.467 e. The topological polar surface area (TPSA) is 86.4 Å². The fraction of sp³-hybridized carbons (Fsp3) is 0.500. The lowest BCUT2D eigenvalue weighted by molar-refractivity contribution is -0.142. The van der Waals surface area contributed by atoms with Crippen molar-refractivity contribution in [3.8, 4) is 0 Å². The second kappa shape index (κ2) is 6.09. The van der Waals surface area contributed by atoms with Gasteiger partial charge in [0.25, 0.3) is 5.91 Å². The van der Waals surface area contributed by atoms with Crippen LogP contribution in [0.5, 0.6) is 0 Å². The van der Waals surface area contributed by atoms with Gasteiger partial charge in [0.1, 0.15) is 11.7 Å². The summed E-state index contributed by atoms with van der Waals surface area (Å²) in [7, 11) is 1.28. The SMILES string of the molecule is CCCn1cc(N)cc1C(=O)NC(C)C(=O)OC. The van der Waals surface area contributed by atoms with Crippen LogP contribution in [0.4, 0.5) is 5.69 Å². The molecule has 1 atom stereocenters. The maximum atomic E-state index is 12.0. The second-order valence-corrected chi connectivity index (χ2v) is 4.07. The van der Waals surface area contributed by atoms with Gasteiger partial charge in [-0.2, -0.15) is 0 Å². The number of methoxy groups -OCH3 is 1.